The van der Waals surface area contributed by atoms with E-state index in [-0.39, 0.29) is 18.8 Å². The molecule has 5 heteroatoms. The zero-order valence-corrected chi connectivity index (χ0v) is 20.7. The number of rotatable bonds is 6. The number of benzene rings is 2. The maximum absolute atomic E-state index is 9.11. The maximum Gasteiger partial charge on any atom is 0.124 e. The fourth-order valence-corrected chi connectivity index (χ4v) is 7.55. The summed E-state index contributed by atoms with van der Waals surface area (Å²) in [4.78, 5) is 8.98. The number of hydrogen-bond acceptors (Lipinski definition) is 4. The fraction of sp³-hybridized carbons (Fsp3) is 0.533. The average molecular weight is 472 g/mol. The van der Waals surface area contributed by atoms with Crippen LogP contribution in [0.3, 0.4) is 0 Å². The van der Waals surface area contributed by atoms with Crippen molar-refractivity contribution in [1.82, 2.24) is 14.8 Å². The summed E-state index contributed by atoms with van der Waals surface area (Å²) >= 11 is 0. The summed E-state index contributed by atoms with van der Waals surface area (Å²) in [5.41, 5.74) is 5.54. The van der Waals surface area contributed by atoms with Gasteiger partial charge in [0.15, 0.2) is 0 Å². The Morgan fingerprint density at radius 1 is 1.03 bits per heavy atom. The Morgan fingerprint density at radius 2 is 1.83 bits per heavy atom. The summed E-state index contributed by atoms with van der Waals surface area (Å²) in [6, 6.07) is 19.3. The first-order valence-electron chi connectivity index (χ1n) is 13.6. The van der Waals surface area contributed by atoms with Gasteiger partial charge in [-0.25, -0.2) is 0 Å². The van der Waals surface area contributed by atoms with Crippen molar-refractivity contribution in [2.75, 3.05) is 26.2 Å². The summed E-state index contributed by atoms with van der Waals surface area (Å²) in [5.74, 6) is 2.82. The number of β-amino-alcohol motifs (C(OH)–C–C–N with tert-alkyl or cyclic N) is 1. The number of fused-ring (bicyclic) bond motifs is 5. The third-order valence-electron chi connectivity index (χ3n) is 9.34. The van der Waals surface area contributed by atoms with E-state index in [4.69, 9.17) is 9.84 Å². The number of aromatic nitrogens is 1. The predicted molar refractivity (Wildman–Crippen MR) is 139 cm³/mol. The van der Waals surface area contributed by atoms with Crippen molar-refractivity contribution in [1.29, 1.82) is 0 Å². The highest BCUT2D eigenvalue weighted by Gasteiger charge is 2.48. The SMILES string of the molecule is C[C@@H]1Cc2c([nH]c3ccccc23)[C@@H](c2ccc(OC3CN(CCO)C3)cc2)N1[C@@H]1CCC2CC1C2. The van der Waals surface area contributed by atoms with Crippen LogP contribution in [0.4, 0.5) is 0 Å². The Balaban J connectivity index is 1.21. The van der Waals surface area contributed by atoms with E-state index in [9.17, 15) is 0 Å². The highest BCUT2D eigenvalue weighted by molar-refractivity contribution is 5.85. The molecule has 5 nitrogen and oxygen atoms in total. The maximum atomic E-state index is 9.11. The molecule has 3 heterocycles. The van der Waals surface area contributed by atoms with Crippen LogP contribution in [0.25, 0.3) is 10.9 Å². The normalized spacial score (nSPS) is 31.1. The highest BCUT2D eigenvalue weighted by atomic mass is 16.5. The van der Waals surface area contributed by atoms with Gasteiger partial charge < -0.3 is 14.8 Å². The highest BCUT2D eigenvalue weighted by Crippen LogP contribution is 2.52. The van der Waals surface area contributed by atoms with Gasteiger partial charge in [-0.1, -0.05) is 30.3 Å². The van der Waals surface area contributed by atoms with Gasteiger partial charge in [-0.2, -0.15) is 0 Å². The van der Waals surface area contributed by atoms with Crippen LogP contribution < -0.4 is 4.74 Å². The summed E-state index contributed by atoms with van der Waals surface area (Å²) in [5, 5.41) is 10.5. The number of H-pyrrole nitrogens is 1. The lowest BCUT2D eigenvalue weighted by molar-refractivity contribution is -0.0356. The molecule has 8 rings (SSSR count). The molecule has 5 aliphatic rings. The van der Waals surface area contributed by atoms with Gasteiger partial charge in [-0.05, 0) is 80.2 Å². The molecular formula is C30H37N3O2. The van der Waals surface area contributed by atoms with Gasteiger partial charge >= 0.3 is 0 Å². The molecule has 2 aliphatic heterocycles. The van der Waals surface area contributed by atoms with Crippen LogP contribution in [0.5, 0.6) is 5.75 Å². The van der Waals surface area contributed by atoms with Crippen molar-refractivity contribution >= 4 is 10.9 Å². The van der Waals surface area contributed by atoms with E-state index in [1.807, 2.05) is 0 Å². The summed E-state index contributed by atoms with van der Waals surface area (Å²) in [7, 11) is 0. The van der Waals surface area contributed by atoms with Crippen LogP contribution in [-0.4, -0.2) is 64.3 Å². The number of aromatic amines is 1. The lowest BCUT2D eigenvalue weighted by Crippen LogP contribution is -2.56. The minimum Gasteiger partial charge on any atom is -0.488 e. The molecule has 4 fully saturated rings. The first kappa shape index (κ1) is 21.9. The van der Waals surface area contributed by atoms with Crippen LogP contribution in [0.1, 0.15) is 55.5 Å². The minimum absolute atomic E-state index is 0.218. The Labute approximate surface area is 208 Å². The number of ether oxygens (including phenoxy) is 1. The molecular weight excluding hydrogens is 434 g/mol. The molecule has 0 spiro atoms. The zero-order chi connectivity index (χ0) is 23.5. The minimum atomic E-state index is 0.218. The zero-order valence-electron chi connectivity index (χ0n) is 20.7. The average Bonchev–Trinajstić information content (AvgIpc) is 3.20. The van der Waals surface area contributed by atoms with Gasteiger partial charge in [0.1, 0.15) is 11.9 Å². The summed E-state index contributed by atoms with van der Waals surface area (Å²) < 4.78 is 6.23. The Bertz CT molecular complexity index is 1190. The molecule has 1 aromatic heterocycles. The second-order valence-electron chi connectivity index (χ2n) is 11.5. The quantitative estimate of drug-likeness (QED) is 0.545. The largest absolute Gasteiger partial charge is 0.488 e. The van der Waals surface area contributed by atoms with Crippen molar-refractivity contribution in [3.8, 4) is 5.75 Å². The van der Waals surface area contributed by atoms with Gasteiger partial charge in [-0.3, -0.25) is 9.80 Å². The molecule has 184 valence electrons. The summed E-state index contributed by atoms with van der Waals surface area (Å²) in [6.45, 7) is 5.21. The molecule has 2 aromatic carbocycles. The van der Waals surface area contributed by atoms with Crippen molar-refractivity contribution in [2.24, 2.45) is 11.8 Å². The van der Waals surface area contributed by atoms with Crippen LogP contribution >= 0.6 is 0 Å². The van der Waals surface area contributed by atoms with Crippen LogP contribution in [0, 0.1) is 11.8 Å². The van der Waals surface area contributed by atoms with Crippen molar-refractivity contribution in [3.05, 3.63) is 65.4 Å². The van der Waals surface area contributed by atoms with Crippen LogP contribution in [0.15, 0.2) is 48.5 Å². The molecule has 3 atom stereocenters. The molecule has 1 saturated heterocycles. The Morgan fingerprint density at radius 3 is 2.57 bits per heavy atom. The van der Waals surface area contributed by atoms with Gasteiger partial charge in [0.05, 0.1) is 12.6 Å². The topological polar surface area (TPSA) is 51.7 Å². The predicted octanol–water partition coefficient (Wildman–Crippen LogP) is 4.75. The molecule has 3 aliphatic carbocycles. The fourth-order valence-electron chi connectivity index (χ4n) is 7.55. The van der Waals surface area contributed by atoms with E-state index in [1.165, 1.54) is 53.4 Å². The monoisotopic (exact) mass is 471 g/mol. The van der Waals surface area contributed by atoms with Gasteiger partial charge in [0.25, 0.3) is 0 Å². The lowest BCUT2D eigenvalue weighted by atomic mass is 9.61. The number of nitrogens with zero attached hydrogens (tertiary/aromatic N) is 2. The number of aliphatic hydroxyl groups is 1. The number of nitrogens with one attached hydrogen (secondary N) is 1. The molecule has 0 radical (unpaired) electrons. The van der Waals surface area contributed by atoms with Crippen molar-refractivity contribution in [3.63, 3.8) is 0 Å². The number of likely N-dealkylation sites (tertiary alicyclic amines) is 1. The van der Waals surface area contributed by atoms with Crippen LogP contribution in [-0.2, 0) is 6.42 Å². The van der Waals surface area contributed by atoms with E-state index >= 15 is 0 Å². The molecule has 0 unspecified atom stereocenters. The smallest absolute Gasteiger partial charge is 0.124 e. The van der Waals surface area contributed by atoms with Gasteiger partial charge in [-0.15, -0.1) is 0 Å². The second-order valence-corrected chi connectivity index (χ2v) is 11.5. The molecule has 2 N–H and O–H groups in total. The van der Waals surface area contributed by atoms with Crippen LogP contribution in [0.2, 0.25) is 0 Å². The third-order valence-corrected chi connectivity index (χ3v) is 9.34. The third kappa shape index (κ3) is 3.71. The van der Waals surface area contributed by atoms with E-state index in [2.05, 4.69) is 70.2 Å². The molecule has 3 saturated carbocycles. The lowest BCUT2D eigenvalue weighted by Gasteiger charge is -2.55. The summed E-state index contributed by atoms with van der Waals surface area (Å²) in [6.07, 6.45) is 6.96. The van der Waals surface area contributed by atoms with E-state index in [0.717, 1.165) is 43.6 Å². The van der Waals surface area contributed by atoms with E-state index < -0.39 is 0 Å². The standard InChI is InChI=1S/C30H37N3O2/c1-19-14-26-25-4-2-3-5-27(25)31-29(26)30(33(19)28-11-6-20-15-22(28)16-20)21-7-9-23(10-8-21)35-24-17-32(18-24)12-13-34/h2-5,7-10,19-20,22,24,28,30-31,34H,6,11-18H2,1H3/t19-,20?,22?,28-,30-/m1/s1. The van der Waals surface area contributed by atoms with Crippen molar-refractivity contribution in [2.45, 2.75) is 63.3 Å². The first-order valence-corrected chi connectivity index (χ1v) is 13.6. The second kappa shape index (κ2) is 8.65. The number of para-hydroxylation sites is 1. The Kier molecular flexibility index (Phi) is 5.41. The van der Waals surface area contributed by atoms with Gasteiger partial charge in [0, 0.05) is 48.3 Å². The molecule has 0 amide bonds. The number of hydrogen-bond donors (Lipinski definition) is 2. The molecule has 2 bridgehead atoms. The molecule has 3 aromatic rings. The van der Waals surface area contributed by atoms with E-state index in [1.54, 1.807) is 0 Å². The van der Waals surface area contributed by atoms with Crippen molar-refractivity contribution < 1.29 is 9.84 Å². The van der Waals surface area contributed by atoms with Gasteiger partial charge in [0.2, 0.25) is 0 Å². The van der Waals surface area contributed by atoms with E-state index in [0.29, 0.717) is 12.1 Å². The number of aliphatic hydroxyl groups excluding tert-OH is 1. The molecule has 35 heavy (non-hydrogen) atoms. The first-order chi connectivity index (χ1) is 17.2. The Hall–Kier alpha value is -2.34.